The molecule has 0 spiro atoms. The number of carbonyl (C=O) groups is 1. The Labute approximate surface area is 95.7 Å². The Kier molecular flexibility index (Phi) is 5.07. The molecule has 3 heteroatoms. The maximum atomic E-state index is 11.6. The molecule has 0 saturated carbocycles. The first kappa shape index (κ1) is 12.3. The highest BCUT2D eigenvalue weighted by Gasteiger charge is 2.06. The van der Waals surface area contributed by atoms with Gasteiger partial charge >= 0.3 is 5.97 Å². The molecule has 1 rings (SSSR count). The third-order valence-corrected chi connectivity index (χ3v) is 2.18. The molecule has 0 radical (unpaired) electrons. The third kappa shape index (κ3) is 3.74. The normalized spacial score (nSPS) is 9.50. The highest BCUT2D eigenvalue weighted by Crippen LogP contribution is 2.07. The van der Waals surface area contributed by atoms with Crippen LogP contribution in [0.3, 0.4) is 0 Å². The number of carbonyl (C=O) groups excluding carboxylic acids is 1. The van der Waals surface area contributed by atoms with E-state index in [1.807, 2.05) is 13.0 Å². The number of nitrogens with zero attached hydrogens (tertiary/aromatic N) is 1. The van der Waals surface area contributed by atoms with Crippen molar-refractivity contribution >= 4 is 5.97 Å². The van der Waals surface area contributed by atoms with Gasteiger partial charge in [0.25, 0.3) is 0 Å². The lowest BCUT2D eigenvalue weighted by molar-refractivity contribution is 0.0499. The van der Waals surface area contributed by atoms with Gasteiger partial charge in [-0.05, 0) is 24.1 Å². The molecule has 0 amide bonds. The van der Waals surface area contributed by atoms with Crippen molar-refractivity contribution in [3.8, 4) is 6.07 Å². The van der Waals surface area contributed by atoms with Crippen LogP contribution >= 0.6 is 0 Å². The van der Waals surface area contributed by atoms with Crippen LogP contribution in [-0.4, -0.2) is 12.6 Å². The van der Waals surface area contributed by atoms with Crippen molar-refractivity contribution in [2.45, 2.75) is 26.2 Å². The molecule has 0 saturated heterocycles. The number of benzene rings is 1. The topological polar surface area (TPSA) is 50.1 Å². The summed E-state index contributed by atoms with van der Waals surface area (Å²) in [6, 6.07) is 9.05. The largest absolute Gasteiger partial charge is 0.462 e. The molecule has 0 aliphatic carbocycles. The molecular formula is C13H15NO2. The van der Waals surface area contributed by atoms with Gasteiger partial charge in [0.05, 0.1) is 24.7 Å². The number of rotatable bonds is 5. The molecule has 0 N–H and O–H groups in total. The summed E-state index contributed by atoms with van der Waals surface area (Å²) in [5.74, 6) is -0.312. The zero-order valence-electron chi connectivity index (χ0n) is 9.40. The number of esters is 1. The lowest BCUT2D eigenvalue weighted by Crippen LogP contribution is -2.06. The summed E-state index contributed by atoms with van der Waals surface area (Å²) in [4.78, 5) is 11.6. The quantitative estimate of drug-likeness (QED) is 0.562. The molecule has 84 valence electrons. The summed E-state index contributed by atoms with van der Waals surface area (Å²) in [7, 11) is 0. The van der Waals surface area contributed by atoms with Gasteiger partial charge in [-0.15, -0.1) is 0 Å². The summed E-state index contributed by atoms with van der Waals surface area (Å²) in [6.45, 7) is 2.50. The molecule has 0 aliphatic rings. The van der Waals surface area contributed by atoms with Crippen molar-refractivity contribution < 1.29 is 9.53 Å². The van der Waals surface area contributed by atoms with E-state index in [1.54, 1.807) is 18.2 Å². The van der Waals surface area contributed by atoms with E-state index in [0.29, 0.717) is 18.6 Å². The van der Waals surface area contributed by atoms with Crippen molar-refractivity contribution in [2.24, 2.45) is 0 Å². The summed E-state index contributed by atoms with van der Waals surface area (Å²) in [6.07, 6.45) is 2.20. The maximum Gasteiger partial charge on any atom is 0.338 e. The second-order valence-electron chi connectivity index (χ2n) is 3.52. The minimum Gasteiger partial charge on any atom is -0.462 e. The predicted molar refractivity (Wildman–Crippen MR) is 60.9 cm³/mol. The molecule has 0 unspecified atom stereocenters. The Morgan fingerprint density at radius 1 is 1.50 bits per heavy atom. The van der Waals surface area contributed by atoms with Crippen LogP contribution in [0.15, 0.2) is 24.3 Å². The zero-order valence-corrected chi connectivity index (χ0v) is 9.40. The van der Waals surface area contributed by atoms with E-state index in [-0.39, 0.29) is 5.97 Å². The van der Waals surface area contributed by atoms with Crippen LogP contribution < -0.4 is 0 Å². The monoisotopic (exact) mass is 217 g/mol. The average Bonchev–Trinajstić information content (AvgIpc) is 2.30. The van der Waals surface area contributed by atoms with Gasteiger partial charge in [0.2, 0.25) is 0 Å². The molecule has 1 aromatic rings. The molecule has 0 heterocycles. The second-order valence-corrected chi connectivity index (χ2v) is 3.52. The molecule has 0 aliphatic heterocycles. The number of ether oxygens (including phenoxy) is 1. The van der Waals surface area contributed by atoms with E-state index in [2.05, 4.69) is 6.07 Å². The zero-order chi connectivity index (χ0) is 11.8. The van der Waals surface area contributed by atoms with Crippen molar-refractivity contribution in [1.29, 1.82) is 5.26 Å². The van der Waals surface area contributed by atoms with Gasteiger partial charge in [-0.3, -0.25) is 0 Å². The highest BCUT2D eigenvalue weighted by molar-refractivity contribution is 5.89. The summed E-state index contributed by atoms with van der Waals surface area (Å²) in [5.41, 5.74) is 1.36. The third-order valence-electron chi connectivity index (χ3n) is 2.18. The fourth-order valence-electron chi connectivity index (χ4n) is 1.29. The van der Waals surface area contributed by atoms with Gasteiger partial charge in [-0.1, -0.05) is 25.5 Å². The minimum absolute atomic E-state index is 0.312. The van der Waals surface area contributed by atoms with Gasteiger partial charge in [0.1, 0.15) is 0 Å². The Hall–Kier alpha value is -1.82. The predicted octanol–water partition coefficient (Wildman–Crippen LogP) is 2.71. The van der Waals surface area contributed by atoms with Crippen LogP contribution in [0.1, 0.15) is 35.7 Å². The van der Waals surface area contributed by atoms with Gasteiger partial charge in [0, 0.05) is 0 Å². The maximum absolute atomic E-state index is 11.6. The second kappa shape index (κ2) is 6.62. The van der Waals surface area contributed by atoms with E-state index >= 15 is 0 Å². The van der Waals surface area contributed by atoms with E-state index in [9.17, 15) is 4.79 Å². The fourth-order valence-corrected chi connectivity index (χ4v) is 1.29. The van der Waals surface area contributed by atoms with Crippen LogP contribution in [0.4, 0.5) is 0 Å². The van der Waals surface area contributed by atoms with Crippen molar-refractivity contribution in [3.05, 3.63) is 35.4 Å². The van der Waals surface area contributed by atoms with Crippen LogP contribution in [0, 0.1) is 11.3 Å². The lowest BCUT2D eigenvalue weighted by Gasteiger charge is -2.04. The minimum atomic E-state index is -0.312. The molecule has 0 fully saturated rings. The van der Waals surface area contributed by atoms with Crippen LogP contribution in [-0.2, 0) is 11.2 Å². The van der Waals surface area contributed by atoms with Crippen LogP contribution in [0.25, 0.3) is 0 Å². The molecule has 3 nitrogen and oxygen atoms in total. The van der Waals surface area contributed by atoms with E-state index < -0.39 is 0 Å². The SMILES string of the molecule is CCCCOC(=O)c1cccc(CC#N)c1. The summed E-state index contributed by atoms with van der Waals surface area (Å²) in [5, 5.41) is 8.56. The number of hydrogen-bond donors (Lipinski definition) is 0. The molecule has 16 heavy (non-hydrogen) atoms. The summed E-state index contributed by atoms with van der Waals surface area (Å²) < 4.78 is 5.08. The number of hydrogen-bond acceptors (Lipinski definition) is 3. The highest BCUT2D eigenvalue weighted by atomic mass is 16.5. The molecular weight excluding hydrogens is 202 g/mol. The van der Waals surface area contributed by atoms with E-state index in [1.165, 1.54) is 0 Å². The fraction of sp³-hybridized carbons (Fsp3) is 0.385. The van der Waals surface area contributed by atoms with Crippen molar-refractivity contribution in [2.75, 3.05) is 6.61 Å². The van der Waals surface area contributed by atoms with Gasteiger partial charge in [-0.25, -0.2) is 4.79 Å². The Morgan fingerprint density at radius 3 is 3.00 bits per heavy atom. The van der Waals surface area contributed by atoms with Crippen LogP contribution in [0.5, 0.6) is 0 Å². The van der Waals surface area contributed by atoms with E-state index in [0.717, 1.165) is 18.4 Å². The Morgan fingerprint density at radius 2 is 2.31 bits per heavy atom. The molecule has 0 bridgehead atoms. The first-order chi connectivity index (χ1) is 7.77. The molecule has 1 aromatic carbocycles. The van der Waals surface area contributed by atoms with Gasteiger partial charge < -0.3 is 4.74 Å². The number of nitriles is 1. The summed E-state index contributed by atoms with van der Waals surface area (Å²) >= 11 is 0. The standard InChI is InChI=1S/C13H15NO2/c1-2-3-9-16-13(15)12-6-4-5-11(10-12)7-8-14/h4-6,10H,2-3,7,9H2,1H3. The lowest BCUT2D eigenvalue weighted by atomic mass is 10.1. The Bertz CT molecular complexity index is 393. The van der Waals surface area contributed by atoms with Crippen molar-refractivity contribution in [3.63, 3.8) is 0 Å². The molecule has 0 aromatic heterocycles. The van der Waals surface area contributed by atoms with E-state index in [4.69, 9.17) is 10.00 Å². The average molecular weight is 217 g/mol. The van der Waals surface area contributed by atoms with Gasteiger partial charge in [0.15, 0.2) is 0 Å². The van der Waals surface area contributed by atoms with Crippen LogP contribution in [0.2, 0.25) is 0 Å². The van der Waals surface area contributed by atoms with Crippen molar-refractivity contribution in [1.82, 2.24) is 0 Å². The first-order valence-corrected chi connectivity index (χ1v) is 5.41. The smallest absolute Gasteiger partial charge is 0.338 e. The number of unbranched alkanes of at least 4 members (excludes halogenated alkanes) is 1. The van der Waals surface area contributed by atoms with Gasteiger partial charge in [-0.2, -0.15) is 5.26 Å². The Balaban J connectivity index is 2.61. The first-order valence-electron chi connectivity index (χ1n) is 5.41. The molecule has 0 atom stereocenters.